The maximum Gasteiger partial charge on any atom is 0.416 e. The molecule has 0 heterocycles. The van der Waals surface area contributed by atoms with Gasteiger partial charge in [0.15, 0.2) is 0 Å². The van der Waals surface area contributed by atoms with Crippen molar-refractivity contribution in [1.29, 1.82) is 0 Å². The van der Waals surface area contributed by atoms with Crippen LogP contribution in [0.3, 0.4) is 0 Å². The lowest BCUT2D eigenvalue weighted by molar-refractivity contribution is -0.138. The van der Waals surface area contributed by atoms with E-state index in [0.717, 1.165) is 18.9 Å². The summed E-state index contributed by atoms with van der Waals surface area (Å²) < 4.78 is 44.4. The lowest BCUT2D eigenvalue weighted by atomic mass is 9.83. The van der Waals surface area contributed by atoms with Gasteiger partial charge in [-0.1, -0.05) is 20.8 Å². The molecule has 0 bridgehead atoms. The second kappa shape index (κ2) is 4.18. The van der Waals surface area contributed by atoms with E-state index in [0.29, 0.717) is 5.75 Å². The summed E-state index contributed by atoms with van der Waals surface area (Å²) >= 11 is 0. The number of halogens is 3. The van der Waals surface area contributed by atoms with Crippen LogP contribution in [0.2, 0.25) is 0 Å². The number of ether oxygens (including phenoxy) is 1. The molecule has 0 unspecified atom stereocenters. The van der Waals surface area contributed by atoms with Crippen molar-refractivity contribution < 1.29 is 17.9 Å². The highest BCUT2D eigenvalue weighted by molar-refractivity contribution is 5.41. The first-order chi connectivity index (χ1) is 8.18. The Balaban J connectivity index is 2.41. The fourth-order valence-electron chi connectivity index (χ4n) is 1.84. The molecule has 100 valence electrons. The fraction of sp³-hybridized carbons (Fsp3) is 0.571. The van der Waals surface area contributed by atoms with Gasteiger partial charge in [0.25, 0.3) is 0 Å². The SMILES string of the molecule is CC(C)(C)c1cc(OC2CC2)ccc1C(F)(F)F. The second-order valence-electron chi connectivity index (χ2n) is 5.77. The number of hydrogen-bond donors (Lipinski definition) is 0. The van der Waals surface area contributed by atoms with E-state index in [1.54, 1.807) is 20.8 Å². The van der Waals surface area contributed by atoms with Crippen molar-refractivity contribution in [3.63, 3.8) is 0 Å². The summed E-state index contributed by atoms with van der Waals surface area (Å²) in [6, 6.07) is 4.07. The Morgan fingerprint density at radius 3 is 2.11 bits per heavy atom. The predicted octanol–water partition coefficient (Wildman–Crippen LogP) is 4.54. The molecule has 1 aliphatic carbocycles. The summed E-state index contributed by atoms with van der Waals surface area (Å²) in [6.07, 6.45) is -2.15. The van der Waals surface area contributed by atoms with Gasteiger partial charge in [0.2, 0.25) is 0 Å². The summed E-state index contributed by atoms with van der Waals surface area (Å²) in [7, 11) is 0. The van der Waals surface area contributed by atoms with Crippen LogP contribution >= 0.6 is 0 Å². The largest absolute Gasteiger partial charge is 0.490 e. The molecule has 0 spiro atoms. The number of rotatable bonds is 2. The first kappa shape index (κ1) is 13.2. The van der Waals surface area contributed by atoms with Gasteiger partial charge in [-0.3, -0.25) is 0 Å². The molecule has 0 aliphatic heterocycles. The molecule has 0 N–H and O–H groups in total. The summed E-state index contributed by atoms with van der Waals surface area (Å²) in [5.41, 5.74) is -0.848. The average Bonchev–Trinajstić information content (AvgIpc) is 2.98. The number of hydrogen-bond acceptors (Lipinski definition) is 1. The van der Waals surface area contributed by atoms with Crippen LogP contribution in [0.4, 0.5) is 13.2 Å². The van der Waals surface area contributed by atoms with Crippen molar-refractivity contribution in [1.82, 2.24) is 0 Å². The van der Waals surface area contributed by atoms with Gasteiger partial charge in [0.05, 0.1) is 11.7 Å². The zero-order valence-corrected chi connectivity index (χ0v) is 10.8. The lowest BCUT2D eigenvalue weighted by Crippen LogP contribution is -2.19. The van der Waals surface area contributed by atoms with E-state index in [-0.39, 0.29) is 11.7 Å². The number of benzene rings is 1. The van der Waals surface area contributed by atoms with Crippen molar-refractivity contribution >= 4 is 0 Å². The molecule has 1 saturated carbocycles. The minimum absolute atomic E-state index is 0.189. The third kappa shape index (κ3) is 2.98. The second-order valence-corrected chi connectivity index (χ2v) is 5.77. The van der Waals surface area contributed by atoms with E-state index in [1.807, 2.05) is 0 Å². The minimum atomic E-state index is -4.32. The molecule has 18 heavy (non-hydrogen) atoms. The molecule has 0 amide bonds. The summed E-state index contributed by atoms with van der Waals surface area (Å²) in [5, 5.41) is 0. The molecule has 2 rings (SSSR count). The van der Waals surface area contributed by atoms with Gasteiger partial charge >= 0.3 is 6.18 Å². The van der Waals surface area contributed by atoms with Crippen molar-refractivity contribution in [2.75, 3.05) is 0 Å². The molecular formula is C14H17F3O. The topological polar surface area (TPSA) is 9.23 Å². The van der Waals surface area contributed by atoms with Gasteiger partial charge in [0.1, 0.15) is 5.75 Å². The van der Waals surface area contributed by atoms with Crippen LogP contribution in [0.5, 0.6) is 5.75 Å². The summed E-state index contributed by atoms with van der Waals surface area (Å²) in [6.45, 7) is 5.33. The highest BCUT2D eigenvalue weighted by Gasteiger charge is 2.36. The van der Waals surface area contributed by atoms with Crippen LogP contribution < -0.4 is 4.74 Å². The number of alkyl halides is 3. The van der Waals surface area contributed by atoms with Gasteiger partial charge in [-0.15, -0.1) is 0 Å². The third-order valence-electron chi connectivity index (χ3n) is 2.93. The molecule has 4 heteroatoms. The molecule has 1 nitrogen and oxygen atoms in total. The van der Waals surface area contributed by atoms with Crippen LogP contribution in [0.25, 0.3) is 0 Å². The van der Waals surface area contributed by atoms with E-state index in [9.17, 15) is 13.2 Å². The smallest absolute Gasteiger partial charge is 0.416 e. The van der Waals surface area contributed by atoms with E-state index in [1.165, 1.54) is 12.1 Å². The normalized spacial score (nSPS) is 16.8. The Labute approximate surface area is 105 Å². The van der Waals surface area contributed by atoms with Crippen LogP contribution in [-0.4, -0.2) is 6.10 Å². The molecule has 1 aromatic carbocycles. The van der Waals surface area contributed by atoms with Gasteiger partial charge in [0, 0.05) is 0 Å². The maximum absolute atomic E-state index is 12.9. The lowest BCUT2D eigenvalue weighted by Gasteiger charge is -2.25. The third-order valence-corrected chi connectivity index (χ3v) is 2.93. The van der Waals surface area contributed by atoms with Gasteiger partial charge in [-0.05, 0) is 42.0 Å². The van der Waals surface area contributed by atoms with Crippen molar-refractivity contribution in [3.8, 4) is 5.75 Å². The molecule has 0 saturated heterocycles. The standard InChI is InChI=1S/C14H17F3O/c1-13(2,3)12-8-10(18-9-4-5-9)6-7-11(12)14(15,16)17/h6-9H,4-5H2,1-3H3. The Morgan fingerprint density at radius 2 is 1.67 bits per heavy atom. The first-order valence-electron chi connectivity index (χ1n) is 6.06. The van der Waals surface area contributed by atoms with Crippen LogP contribution in [0.1, 0.15) is 44.7 Å². The molecule has 0 radical (unpaired) electrons. The molecule has 1 aromatic rings. The van der Waals surface area contributed by atoms with Gasteiger partial charge in [-0.2, -0.15) is 13.2 Å². The van der Waals surface area contributed by atoms with E-state index in [4.69, 9.17) is 4.74 Å². The zero-order chi connectivity index (χ0) is 13.6. The summed E-state index contributed by atoms with van der Waals surface area (Å²) in [4.78, 5) is 0. The highest BCUT2D eigenvalue weighted by atomic mass is 19.4. The van der Waals surface area contributed by atoms with Crippen LogP contribution in [0.15, 0.2) is 18.2 Å². The van der Waals surface area contributed by atoms with E-state index >= 15 is 0 Å². The van der Waals surface area contributed by atoms with Crippen molar-refractivity contribution in [2.24, 2.45) is 0 Å². The molecule has 0 atom stereocenters. The average molecular weight is 258 g/mol. The zero-order valence-electron chi connectivity index (χ0n) is 10.8. The Kier molecular flexibility index (Phi) is 3.07. The maximum atomic E-state index is 12.9. The molecule has 0 aromatic heterocycles. The Bertz CT molecular complexity index is 439. The highest BCUT2D eigenvalue weighted by Crippen LogP contribution is 2.40. The van der Waals surface area contributed by atoms with Gasteiger partial charge < -0.3 is 4.74 Å². The Hall–Kier alpha value is -1.19. The molecule has 1 aliphatic rings. The summed E-state index contributed by atoms with van der Waals surface area (Å²) in [5.74, 6) is 0.537. The predicted molar refractivity (Wildman–Crippen MR) is 63.8 cm³/mol. The van der Waals surface area contributed by atoms with Crippen molar-refractivity contribution in [2.45, 2.75) is 51.3 Å². The van der Waals surface area contributed by atoms with Crippen molar-refractivity contribution in [3.05, 3.63) is 29.3 Å². The minimum Gasteiger partial charge on any atom is -0.490 e. The molecule has 1 fully saturated rings. The monoisotopic (exact) mass is 258 g/mol. The van der Waals surface area contributed by atoms with E-state index in [2.05, 4.69) is 0 Å². The molecular weight excluding hydrogens is 241 g/mol. The van der Waals surface area contributed by atoms with Crippen LogP contribution in [-0.2, 0) is 11.6 Å². The Morgan fingerprint density at radius 1 is 1.06 bits per heavy atom. The van der Waals surface area contributed by atoms with E-state index < -0.39 is 17.2 Å². The first-order valence-corrected chi connectivity index (χ1v) is 6.06. The quantitative estimate of drug-likeness (QED) is 0.756. The van der Waals surface area contributed by atoms with Crippen LogP contribution in [0, 0.1) is 0 Å². The fourth-order valence-corrected chi connectivity index (χ4v) is 1.84. The van der Waals surface area contributed by atoms with Gasteiger partial charge in [-0.25, -0.2) is 0 Å².